The Kier molecular flexibility index (Phi) is 3.76. The van der Waals surface area contributed by atoms with E-state index >= 15 is 0 Å². The van der Waals surface area contributed by atoms with Gasteiger partial charge in [-0.3, -0.25) is 0 Å². The molecule has 0 aliphatic carbocycles. The molecule has 1 aliphatic rings. The Balaban J connectivity index is 2.02. The van der Waals surface area contributed by atoms with E-state index in [4.69, 9.17) is 4.74 Å². The SMILES string of the molecule is CCNC[C@H]1CCCCO1. The minimum absolute atomic E-state index is 0.494. The van der Waals surface area contributed by atoms with Crippen LogP contribution in [0.5, 0.6) is 0 Å². The summed E-state index contributed by atoms with van der Waals surface area (Å²) >= 11 is 0. The highest BCUT2D eigenvalue weighted by Gasteiger charge is 2.11. The number of nitrogens with one attached hydrogen (secondary N) is 1. The summed E-state index contributed by atoms with van der Waals surface area (Å²) in [6.07, 6.45) is 4.33. The van der Waals surface area contributed by atoms with Crippen LogP contribution in [-0.4, -0.2) is 25.8 Å². The summed E-state index contributed by atoms with van der Waals surface area (Å²) in [6, 6.07) is 0. The molecule has 0 aromatic carbocycles. The van der Waals surface area contributed by atoms with E-state index in [1.54, 1.807) is 0 Å². The summed E-state index contributed by atoms with van der Waals surface area (Å²) < 4.78 is 5.52. The van der Waals surface area contributed by atoms with Gasteiger partial charge in [-0.1, -0.05) is 6.92 Å². The van der Waals surface area contributed by atoms with E-state index in [9.17, 15) is 0 Å². The summed E-state index contributed by atoms with van der Waals surface area (Å²) in [5.74, 6) is 0. The van der Waals surface area contributed by atoms with Crippen LogP contribution < -0.4 is 5.32 Å². The van der Waals surface area contributed by atoms with Crippen molar-refractivity contribution in [3.05, 3.63) is 0 Å². The summed E-state index contributed by atoms with van der Waals surface area (Å²) in [6.45, 7) is 5.19. The molecule has 0 saturated carbocycles. The average Bonchev–Trinajstić information content (AvgIpc) is 2.03. The monoisotopic (exact) mass is 143 g/mol. The average molecular weight is 143 g/mol. The second-order valence-corrected chi connectivity index (χ2v) is 2.80. The first-order valence-corrected chi connectivity index (χ1v) is 4.26. The predicted octanol–water partition coefficient (Wildman–Crippen LogP) is 1.16. The lowest BCUT2D eigenvalue weighted by molar-refractivity contribution is 0.0173. The van der Waals surface area contributed by atoms with Crippen LogP contribution >= 0.6 is 0 Å². The molecule has 1 aliphatic heterocycles. The Hall–Kier alpha value is -0.0800. The molecule has 0 amide bonds. The van der Waals surface area contributed by atoms with Crippen LogP contribution in [0.3, 0.4) is 0 Å². The van der Waals surface area contributed by atoms with E-state index < -0.39 is 0 Å². The zero-order valence-electron chi connectivity index (χ0n) is 6.73. The lowest BCUT2D eigenvalue weighted by atomic mass is 10.1. The second-order valence-electron chi connectivity index (χ2n) is 2.80. The number of rotatable bonds is 3. The highest BCUT2D eigenvalue weighted by molar-refractivity contribution is 4.65. The quantitative estimate of drug-likeness (QED) is 0.640. The van der Waals surface area contributed by atoms with Crippen molar-refractivity contribution in [1.29, 1.82) is 0 Å². The van der Waals surface area contributed by atoms with Gasteiger partial charge in [-0.2, -0.15) is 0 Å². The third-order valence-electron chi connectivity index (χ3n) is 1.90. The summed E-state index contributed by atoms with van der Waals surface area (Å²) in [4.78, 5) is 0. The lowest BCUT2D eigenvalue weighted by Gasteiger charge is -2.22. The Morgan fingerprint density at radius 1 is 1.50 bits per heavy atom. The topological polar surface area (TPSA) is 21.3 Å². The molecule has 0 unspecified atom stereocenters. The maximum Gasteiger partial charge on any atom is 0.0699 e. The van der Waals surface area contributed by atoms with Crippen LogP contribution in [0.2, 0.25) is 0 Å². The van der Waals surface area contributed by atoms with Crippen molar-refractivity contribution in [3.8, 4) is 0 Å². The number of hydrogen-bond acceptors (Lipinski definition) is 2. The van der Waals surface area contributed by atoms with Crippen molar-refractivity contribution >= 4 is 0 Å². The Bertz CT molecular complexity index is 79.3. The van der Waals surface area contributed by atoms with E-state index in [0.717, 1.165) is 19.7 Å². The third kappa shape index (κ3) is 2.67. The minimum Gasteiger partial charge on any atom is -0.377 e. The normalized spacial score (nSPS) is 26.7. The molecule has 0 aromatic rings. The molecule has 1 rings (SSSR count). The number of likely N-dealkylation sites (N-methyl/N-ethyl adjacent to an activating group) is 1. The largest absolute Gasteiger partial charge is 0.377 e. The molecule has 1 fully saturated rings. The molecule has 1 atom stereocenters. The zero-order valence-corrected chi connectivity index (χ0v) is 6.73. The molecular formula is C8H17NO. The molecule has 0 bridgehead atoms. The highest BCUT2D eigenvalue weighted by Crippen LogP contribution is 2.11. The van der Waals surface area contributed by atoms with Gasteiger partial charge < -0.3 is 10.1 Å². The van der Waals surface area contributed by atoms with E-state index in [1.807, 2.05) is 0 Å². The predicted molar refractivity (Wildman–Crippen MR) is 42.1 cm³/mol. The van der Waals surface area contributed by atoms with Crippen LogP contribution in [0.4, 0.5) is 0 Å². The van der Waals surface area contributed by atoms with E-state index in [0.29, 0.717) is 6.10 Å². The molecular weight excluding hydrogens is 126 g/mol. The van der Waals surface area contributed by atoms with Crippen molar-refractivity contribution in [2.45, 2.75) is 32.3 Å². The molecule has 2 nitrogen and oxygen atoms in total. The van der Waals surface area contributed by atoms with Crippen LogP contribution in [0.1, 0.15) is 26.2 Å². The molecule has 10 heavy (non-hydrogen) atoms. The van der Waals surface area contributed by atoms with Gasteiger partial charge in [-0.15, -0.1) is 0 Å². The van der Waals surface area contributed by atoms with Gasteiger partial charge in [-0.25, -0.2) is 0 Å². The van der Waals surface area contributed by atoms with Crippen molar-refractivity contribution in [3.63, 3.8) is 0 Å². The van der Waals surface area contributed by atoms with Gasteiger partial charge in [0.05, 0.1) is 6.10 Å². The van der Waals surface area contributed by atoms with Gasteiger partial charge in [0.15, 0.2) is 0 Å². The standard InChI is InChI=1S/C8H17NO/c1-2-9-7-8-5-3-4-6-10-8/h8-9H,2-7H2,1H3/t8-/m1/s1. The molecule has 0 aromatic heterocycles. The van der Waals surface area contributed by atoms with Crippen molar-refractivity contribution in [2.75, 3.05) is 19.7 Å². The maximum absolute atomic E-state index is 5.52. The van der Waals surface area contributed by atoms with Gasteiger partial charge >= 0.3 is 0 Å². The van der Waals surface area contributed by atoms with E-state index in [1.165, 1.54) is 19.3 Å². The molecule has 60 valence electrons. The first-order chi connectivity index (χ1) is 4.93. The summed E-state index contributed by atoms with van der Waals surface area (Å²) in [5.41, 5.74) is 0. The zero-order chi connectivity index (χ0) is 7.23. The Morgan fingerprint density at radius 3 is 3.00 bits per heavy atom. The summed E-state index contributed by atoms with van der Waals surface area (Å²) in [5, 5.41) is 3.29. The lowest BCUT2D eigenvalue weighted by Crippen LogP contribution is -2.31. The van der Waals surface area contributed by atoms with Crippen molar-refractivity contribution in [2.24, 2.45) is 0 Å². The van der Waals surface area contributed by atoms with Gasteiger partial charge in [0.2, 0.25) is 0 Å². The smallest absolute Gasteiger partial charge is 0.0699 e. The van der Waals surface area contributed by atoms with E-state index in [2.05, 4.69) is 12.2 Å². The molecule has 1 saturated heterocycles. The molecule has 0 spiro atoms. The van der Waals surface area contributed by atoms with Gasteiger partial charge in [0.1, 0.15) is 0 Å². The van der Waals surface area contributed by atoms with Gasteiger partial charge in [0.25, 0.3) is 0 Å². The molecule has 1 heterocycles. The van der Waals surface area contributed by atoms with Gasteiger partial charge in [-0.05, 0) is 25.8 Å². The second kappa shape index (κ2) is 4.69. The first kappa shape index (κ1) is 8.02. The van der Waals surface area contributed by atoms with Crippen LogP contribution in [0.15, 0.2) is 0 Å². The first-order valence-electron chi connectivity index (χ1n) is 4.26. The molecule has 1 N–H and O–H groups in total. The highest BCUT2D eigenvalue weighted by atomic mass is 16.5. The van der Waals surface area contributed by atoms with Gasteiger partial charge in [0, 0.05) is 13.2 Å². The summed E-state index contributed by atoms with van der Waals surface area (Å²) in [7, 11) is 0. The number of hydrogen-bond donors (Lipinski definition) is 1. The Morgan fingerprint density at radius 2 is 2.40 bits per heavy atom. The Labute approximate surface area is 63.0 Å². The van der Waals surface area contributed by atoms with Crippen LogP contribution in [0.25, 0.3) is 0 Å². The fraction of sp³-hybridized carbons (Fsp3) is 1.00. The van der Waals surface area contributed by atoms with Crippen LogP contribution in [0, 0.1) is 0 Å². The fourth-order valence-corrected chi connectivity index (χ4v) is 1.27. The molecule has 0 radical (unpaired) electrons. The van der Waals surface area contributed by atoms with Crippen molar-refractivity contribution in [1.82, 2.24) is 5.32 Å². The van der Waals surface area contributed by atoms with E-state index in [-0.39, 0.29) is 0 Å². The fourth-order valence-electron chi connectivity index (χ4n) is 1.27. The van der Waals surface area contributed by atoms with Crippen LogP contribution in [-0.2, 0) is 4.74 Å². The minimum atomic E-state index is 0.494. The molecule has 2 heteroatoms. The third-order valence-corrected chi connectivity index (χ3v) is 1.90. The maximum atomic E-state index is 5.52. The number of ether oxygens (including phenoxy) is 1. The van der Waals surface area contributed by atoms with Crippen molar-refractivity contribution < 1.29 is 4.74 Å².